The molecule has 1 aromatic carbocycles. The molecule has 0 atom stereocenters. The number of ether oxygens (including phenoxy) is 1. The van der Waals surface area contributed by atoms with Crippen molar-refractivity contribution < 1.29 is 14.3 Å². The van der Waals surface area contributed by atoms with Crippen molar-refractivity contribution in [2.24, 2.45) is 0 Å². The lowest BCUT2D eigenvalue weighted by atomic mass is 10.1. The number of nitrogens with zero attached hydrogens (tertiary/aromatic N) is 1. The molecular weight excluding hydrogens is 412 g/mol. The van der Waals surface area contributed by atoms with Crippen LogP contribution < -0.4 is 5.32 Å². The molecule has 5 nitrogen and oxygen atoms in total. The molecule has 0 aliphatic carbocycles. The van der Waals surface area contributed by atoms with Gasteiger partial charge in [-0.05, 0) is 26.0 Å². The number of halogens is 1. The molecule has 0 fully saturated rings. The molecule has 1 heterocycles. The lowest BCUT2D eigenvalue weighted by molar-refractivity contribution is -0.149. The number of nitrogens with one attached hydrogen (secondary N) is 1. The largest absolute Gasteiger partial charge is 0.467 e. The van der Waals surface area contributed by atoms with Gasteiger partial charge in [0.15, 0.2) is 0 Å². The van der Waals surface area contributed by atoms with Crippen molar-refractivity contribution in [1.82, 2.24) is 10.3 Å². The van der Waals surface area contributed by atoms with Crippen LogP contribution in [0.5, 0.6) is 0 Å². The van der Waals surface area contributed by atoms with E-state index in [-0.39, 0.29) is 11.7 Å². The maximum atomic E-state index is 12.0. The maximum absolute atomic E-state index is 12.0. The summed E-state index contributed by atoms with van der Waals surface area (Å²) in [4.78, 5) is 28.1. The van der Waals surface area contributed by atoms with Crippen LogP contribution in [0.2, 0.25) is 0 Å². The predicted molar refractivity (Wildman–Crippen MR) is 100 cm³/mol. The lowest BCUT2D eigenvalue weighted by Gasteiger charge is -2.22. The zero-order valence-electron chi connectivity index (χ0n) is 13.5. The van der Waals surface area contributed by atoms with Gasteiger partial charge in [0.05, 0.1) is 12.9 Å². The summed E-state index contributed by atoms with van der Waals surface area (Å²) in [6.45, 7) is 3.21. The summed E-state index contributed by atoms with van der Waals surface area (Å²) in [7, 11) is 1.30. The van der Waals surface area contributed by atoms with E-state index >= 15 is 0 Å². The molecule has 2 rings (SSSR count). The summed E-state index contributed by atoms with van der Waals surface area (Å²) in [6, 6.07) is 7.91. The first-order chi connectivity index (χ1) is 11.3. The smallest absolute Gasteiger partial charge is 0.330 e. The third-order valence-corrected chi connectivity index (χ3v) is 5.55. The van der Waals surface area contributed by atoms with E-state index in [1.54, 1.807) is 13.8 Å². The van der Waals surface area contributed by atoms with E-state index in [2.05, 4.69) is 31.0 Å². The molecule has 0 bridgehead atoms. The van der Waals surface area contributed by atoms with Crippen LogP contribution >= 0.6 is 39.0 Å². The predicted octanol–water partition coefficient (Wildman–Crippen LogP) is 3.73. The first-order valence-electron chi connectivity index (χ1n) is 7.05. The van der Waals surface area contributed by atoms with Crippen molar-refractivity contribution in [2.75, 3.05) is 12.9 Å². The summed E-state index contributed by atoms with van der Waals surface area (Å²) in [5.74, 6) is -0.537. The van der Waals surface area contributed by atoms with Gasteiger partial charge in [-0.15, -0.1) is 11.3 Å². The number of benzene rings is 1. The quantitative estimate of drug-likeness (QED) is 0.560. The van der Waals surface area contributed by atoms with E-state index in [0.717, 1.165) is 20.1 Å². The molecule has 0 saturated carbocycles. The van der Waals surface area contributed by atoms with Crippen LogP contribution in [0.15, 0.2) is 39.1 Å². The van der Waals surface area contributed by atoms with Gasteiger partial charge in [0.1, 0.15) is 15.6 Å². The van der Waals surface area contributed by atoms with Crippen LogP contribution in [0.4, 0.5) is 0 Å². The summed E-state index contributed by atoms with van der Waals surface area (Å²) in [5.41, 5.74) is -0.0110. The minimum Gasteiger partial charge on any atom is -0.467 e. The van der Waals surface area contributed by atoms with Gasteiger partial charge in [-0.3, -0.25) is 4.79 Å². The topological polar surface area (TPSA) is 68.3 Å². The van der Waals surface area contributed by atoms with Crippen molar-refractivity contribution in [3.05, 3.63) is 34.1 Å². The Morgan fingerprint density at radius 1 is 1.33 bits per heavy atom. The second kappa shape index (κ2) is 8.13. The summed E-state index contributed by atoms with van der Waals surface area (Å²) < 4.78 is 5.68. The maximum Gasteiger partial charge on any atom is 0.330 e. The lowest BCUT2D eigenvalue weighted by Crippen LogP contribution is -2.50. The van der Waals surface area contributed by atoms with Crippen molar-refractivity contribution in [3.63, 3.8) is 0 Å². The van der Waals surface area contributed by atoms with Crippen molar-refractivity contribution in [1.29, 1.82) is 0 Å². The molecule has 1 amide bonds. The van der Waals surface area contributed by atoms with E-state index in [0.29, 0.717) is 0 Å². The molecule has 2 aromatic rings. The van der Waals surface area contributed by atoms with Gasteiger partial charge in [-0.25, -0.2) is 9.78 Å². The molecule has 24 heavy (non-hydrogen) atoms. The Kier molecular flexibility index (Phi) is 6.42. The highest BCUT2D eigenvalue weighted by Crippen LogP contribution is 2.29. The van der Waals surface area contributed by atoms with E-state index in [1.807, 2.05) is 29.6 Å². The van der Waals surface area contributed by atoms with Gasteiger partial charge in [-0.1, -0.05) is 39.8 Å². The Morgan fingerprint density at radius 3 is 2.62 bits per heavy atom. The number of thiazole rings is 1. The molecule has 128 valence electrons. The molecule has 1 N–H and O–H groups in total. The number of amides is 1. The van der Waals surface area contributed by atoms with E-state index in [4.69, 9.17) is 0 Å². The first kappa shape index (κ1) is 19.0. The molecule has 8 heteroatoms. The number of thioether (sulfide) groups is 1. The zero-order chi connectivity index (χ0) is 17.7. The minimum atomic E-state index is -1.04. The molecule has 0 aliphatic rings. The molecule has 1 aromatic heterocycles. The summed E-state index contributed by atoms with van der Waals surface area (Å²) in [5, 5.41) is 6.26. The van der Waals surface area contributed by atoms with Crippen molar-refractivity contribution in [2.45, 2.75) is 24.4 Å². The van der Waals surface area contributed by atoms with Crippen LogP contribution in [0.25, 0.3) is 10.6 Å². The molecular formula is C16H17BrN2O3S2. The summed E-state index contributed by atoms with van der Waals surface area (Å²) >= 11 is 6.27. The van der Waals surface area contributed by atoms with E-state index < -0.39 is 11.5 Å². The molecule has 0 radical (unpaired) electrons. The standard InChI is InChI=1S/C16H17BrN2O3S2/c1-16(2,15(21)22-3)19-12(20)8-23-13-9-24-14(18-13)10-4-6-11(17)7-5-10/h4-7,9H,8H2,1-3H3,(H,19,20). The zero-order valence-corrected chi connectivity index (χ0v) is 16.7. The van der Waals surface area contributed by atoms with Gasteiger partial charge in [0, 0.05) is 15.4 Å². The Bertz CT molecular complexity index is 729. The fraction of sp³-hybridized carbons (Fsp3) is 0.312. The number of methoxy groups -OCH3 is 1. The van der Waals surface area contributed by atoms with E-state index in [1.165, 1.54) is 30.2 Å². The van der Waals surface area contributed by atoms with Gasteiger partial charge in [-0.2, -0.15) is 0 Å². The van der Waals surface area contributed by atoms with Crippen molar-refractivity contribution in [3.8, 4) is 10.6 Å². The third kappa shape index (κ3) is 5.06. The second-order valence-electron chi connectivity index (χ2n) is 5.45. The van der Waals surface area contributed by atoms with Crippen LogP contribution in [0, 0.1) is 0 Å². The van der Waals surface area contributed by atoms with Crippen LogP contribution in [0.1, 0.15) is 13.8 Å². The number of carbonyl (C=O) groups excluding carboxylic acids is 2. The van der Waals surface area contributed by atoms with Gasteiger partial charge in [0.2, 0.25) is 5.91 Å². The highest BCUT2D eigenvalue weighted by atomic mass is 79.9. The van der Waals surface area contributed by atoms with Crippen LogP contribution in [-0.2, 0) is 14.3 Å². The number of hydrogen-bond acceptors (Lipinski definition) is 6. The van der Waals surface area contributed by atoms with Crippen molar-refractivity contribution >= 4 is 50.9 Å². The van der Waals surface area contributed by atoms with Crippen LogP contribution in [-0.4, -0.2) is 35.3 Å². The van der Waals surface area contributed by atoms with E-state index in [9.17, 15) is 9.59 Å². The number of hydrogen-bond donors (Lipinski definition) is 1. The highest BCUT2D eigenvalue weighted by Gasteiger charge is 2.30. The Balaban J connectivity index is 1.92. The number of esters is 1. The van der Waals surface area contributed by atoms with Crippen LogP contribution in [0.3, 0.4) is 0 Å². The number of rotatable bonds is 6. The summed E-state index contributed by atoms with van der Waals surface area (Å²) in [6.07, 6.45) is 0. The highest BCUT2D eigenvalue weighted by molar-refractivity contribution is 9.10. The minimum absolute atomic E-state index is 0.184. The average Bonchev–Trinajstić information content (AvgIpc) is 3.01. The Hall–Kier alpha value is -1.38. The van der Waals surface area contributed by atoms with Gasteiger partial charge < -0.3 is 10.1 Å². The number of carbonyl (C=O) groups is 2. The Labute approximate surface area is 157 Å². The molecule has 0 unspecified atom stereocenters. The van der Waals surface area contributed by atoms with Gasteiger partial charge >= 0.3 is 5.97 Å². The normalized spacial score (nSPS) is 11.2. The molecule has 0 spiro atoms. The Morgan fingerprint density at radius 2 is 2.00 bits per heavy atom. The third-order valence-electron chi connectivity index (χ3n) is 3.07. The fourth-order valence-corrected chi connectivity index (χ4v) is 3.81. The molecule has 0 aliphatic heterocycles. The number of aromatic nitrogens is 1. The fourth-order valence-electron chi connectivity index (χ4n) is 1.88. The monoisotopic (exact) mass is 428 g/mol. The second-order valence-corrected chi connectivity index (χ2v) is 8.22. The SMILES string of the molecule is COC(=O)C(C)(C)NC(=O)CSc1csc(-c2ccc(Br)cc2)n1. The average molecular weight is 429 g/mol. The first-order valence-corrected chi connectivity index (χ1v) is 9.71. The van der Waals surface area contributed by atoms with Gasteiger partial charge in [0.25, 0.3) is 0 Å². The molecule has 0 saturated heterocycles.